The van der Waals surface area contributed by atoms with Crippen molar-refractivity contribution in [1.29, 1.82) is 0 Å². The van der Waals surface area contributed by atoms with Crippen LogP contribution in [-0.2, 0) is 15.8 Å². The molecule has 0 aliphatic carbocycles. The highest BCUT2D eigenvalue weighted by Gasteiger charge is 2.12. The second-order valence-corrected chi connectivity index (χ2v) is 7.29. The summed E-state index contributed by atoms with van der Waals surface area (Å²) in [5, 5.41) is 0.512. The maximum absolute atomic E-state index is 12.0. The van der Waals surface area contributed by atoms with Gasteiger partial charge in [-0.2, -0.15) is 11.8 Å². The first kappa shape index (κ1) is 15.4. The number of furan rings is 1. The van der Waals surface area contributed by atoms with Crippen LogP contribution in [0, 0.1) is 0 Å². The molecule has 0 bridgehead atoms. The number of hydrogen-bond acceptors (Lipinski definition) is 4. The van der Waals surface area contributed by atoms with E-state index in [9.17, 15) is 8.42 Å². The summed E-state index contributed by atoms with van der Waals surface area (Å²) >= 11 is 7.34. The molecule has 2 rings (SSSR count). The van der Waals surface area contributed by atoms with Crippen molar-refractivity contribution < 1.29 is 12.8 Å². The molecule has 2 aromatic rings. The van der Waals surface area contributed by atoms with E-state index in [0.29, 0.717) is 17.3 Å². The van der Waals surface area contributed by atoms with E-state index in [0.717, 1.165) is 11.5 Å². The summed E-state index contributed by atoms with van der Waals surface area (Å²) in [6, 6.07) is 9.81. The third-order valence-electron chi connectivity index (χ3n) is 2.49. The predicted molar refractivity (Wildman–Crippen MR) is 81.5 cm³/mol. The van der Waals surface area contributed by atoms with Gasteiger partial charge in [0.05, 0.1) is 16.9 Å². The highest BCUT2D eigenvalue weighted by atomic mass is 35.5. The average molecular weight is 332 g/mol. The number of hydrogen-bond donors (Lipinski definition) is 1. The quantitative estimate of drug-likeness (QED) is 0.792. The van der Waals surface area contributed by atoms with Crippen molar-refractivity contribution >= 4 is 33.4 Å². The van der Waals surface area contributed by atoms with Crippen LogP contribution in [0.4, 0.5) is 0 Å². The summed E-state index contributed by atoms with van der Waals surface area (Å²) in [6.45, 7) is 0.371. The molecule has 20 heavy (non-hydrogen) atoms. The highest BCUT2D eigenvalue weighted by molar-refractivity contribution is 7.98. The summed E-state index contributed by atoms with van der Waals surface area (Å²) in [5.74, 6) is 2.29. The molecule has 0 unspecified atom stereocenters. The van der Waals surface area contributed by atoms with Gasteiger partial charge in [-0.3, -0.25) is 0 Å². The smallest absolute Gasteiger partial charge is 0.240 e. The van der Waals surface area contributed by atoms with Crippen LogP contribution in [0.1, 0.15) is 5.76 Å². The predicted octanol–water partition coefficient (Wildman–Crippen LogP) is 3.14. The average Bonchev–Trinajstić information content (AvgIpc) is 2.92. The highest BCUT2D eigenvalue weighted by Crippen LogP contribution is 2.14. The fourth-order valence-electron chi connectivity index (χ4n) is 1.51. The standard InChI is InChI=1S/C13H14ClNO3S2/c14-11-3-5-13(6-4-11)20(16,17)15-7-9-19-10-12-2-1-8-18-12/h1-6,8,15H,7,9-10H2. The minimum absolute atomic E-state index is 0.220. The van der Waals surface area contributed by atoms with Crippen molar-refractivity contribution in [2.45, 2.75) is 10.6 Å². The van der Waals surface area contributed by atoms with Crippen molar-refractivity contribution in [3.8, 4) is 0 Å². The van der Waals surface area contributed by atoms with Gasteiger partial charge in [0.2, 0.25) is 10.0 Å². The van der Waals surface area contributed by atoms with Gasteiger partial charge in [-0.15, -0.1) is 0 Å². The lowest BCUT2D eigenvalue weighted by Crippen LogP contribution is -2.26. The van der Waals surface area contributed by atoms with Crippen LogP contribution in [0.2, 0.25) is 5.02 Å². The Morgan fingerprint density at radius 3 is 2.60 bits per heavy atom. The maximum Gasteiger partial charge on any atom is 0.240 e. The van der Waals surface area contributed by atoms with Crippen LogP contribution in [0.5, 0.6) is 0 Å². The Hall–Kier alpha value is -0.950. The van der Waals surface area contributed by atoms with E-state index in [1.165, 1.54) is 12.1 Å². The Labute approximate surface area is 127 Å². The molecule has 0 saturated heterocycles. The zero-order chi connectivity index (χ0) is 14.4. The Bertz CT molecular complexity index is 624. The summed E-state index contributed by atoms with van der Waals surface area (Å²) < 4.78 is 31.6. The normalized spacial score (nSPS) is 11.7. The van der Waals surface area contributed by atoms with Crippen molar-refractivity contribution in [2.75, 3.05) is 12.3 Å². The largest absolute Gasteiger partial charge is 0.468 e. The first-order valence-electron chi connectivity index (χ1n) is 5.93. The molecule has 0 saturated carbocycles. The molecule has 108 valence electrons. The van der Waals surface area contributed by atoms with Crippen LogP contribution in [0.15, 0.2) is 52.0 Å². The zero-order valence-corrected chi connectivity index (χ0v) is 13.0. The summed E-state index contributed by atoms with van der Waals surface area (Å²) in [5.41, 5.74) is 0. The van der Waals surface area contributed by atoms with Crippen molar-refractivity contribution in [2.24, 2.45) is 0 Å². The minimum atomic E-state index is -3.46. The molecule has 1 N–H and O–H groups in total. The summed E-state index contributed by atoms with van der Waals surface area (Å²) in [7, 11) is -3.46. The van der Waals surface area contributed by atoms with Crippen molar-refractivity contribution in [3.63, 3.8) is 0 Å². The SMILES string of the molecule is O=S(=O)(NCCSCc1ccco1)c1ccc(Cl)cc1. The zero-order valence-electron chi connectivity index (χ0n) is 10.6. The van der Waals surface area contributed by atoms with E-state index in [-0.39, 0.29) is 4.90 Å². The third-order valence-corrected chi connectivity index (χ3v) is 5.20. The van der Waals surface area contributed by atoms with Crippen LogP contribution >= 0.6 is 23.4 Å². The lowest BCUT2D eigenvalue weighted by atomic mass is 10.4. The Kier molecular flexibility index (Phi) is 5.54. The first-order valence-corrected chi connectivity index (χ1v) is 8.95. The molecule has 0 amide bonds. The van der Waals surface area contributed by atoms with E-state index in [1.807, 2.05) is 12.1 Å². The molecule has 1 aromatic heterocycles. The lowest BCUT2D eigenvalue weighted by molar-refractivity contribution is 0.530. The third kappa shape index (κ3) is 4.56. The fraction of sp³-hybridized carbons (Fsp3) is 0.231. The minimum Gasteiger partial charge on any atom is -0.468 e. The van der Waals surface area contributed by atoms with Crippen LogP contribution in [0.25, 0.3) is 0 Å². The molecule has 1 aromatic carbocycles. The molecule has 0 radical (unpaired) electrons. The number of nitrogens with one attached hydrogen (secondary N) is 1. The van der Waals surface area contributed by atoms with Gasteiger partial charge in [0.15, 0.2) is 0 Å². The lowest BCUT2D eigenvalue weighted by Gasteiger charge is -2.06. The fourth-order valence-corrected chi connectivity index (χ4v) is 3.56. The molecule has 4 nitrogen and oxygen atoms in total. The van der Waals surface area contributed by atoms with Gasteiger partial charge in [-0.25, -0.2) is 13.1 Å². The van der Waals surface area contributed by atoms with Crippen LogP contribution in [0.3, 0.4) is 0 Å². The number of benzene rings is 1. The summed E-state index contributed by atoms with van der Waals surface area (Å²) in [6.07, 6.45) is 1.62. The van der Waals surface area contributed by atoms with Gasteiger partial charge in [-0.1, -0.05) is 11.6 Å². The number of halogens is 1. The van der Waals surface area contributed by atoms with E-state index in [2.05, 4.69) is 4.72 Å². The second kappa shape index (κ2) is 7.17. The number of rotatable bonds is 7. The molecular weight excluding hydrogens is 318 g/mol. The van der Waals surface area contributed by atoms with E-state index >= 15 is 0 Å². The van der Waals surface area contributed by atoms with E-state index in [1.54, 1.807) is 30.2 Å². The van der Waals surface area contributed by atoms with Gasteiger partial charge in [0.1, 0.15) is 5.76 Å². The van der Waals surface area contributed by atoms with Crippen molar-refractivity contribution in [1.82, 2.24) is 4.72 Å². The maximum atomic E-state index is 12.0. The number of thioether (sulfide) groups is 1. The van der Waals surface area contributed by atoms with Gasteiger partial charge in [0, 0.05) is 17.3 Å². The molecule has 0 fully saturated rings. The molecule has 7 heteroatoms. The van der Waals surface area contributed by atoms with Gasteiger partial charge in [0.25, 0.3) is 0 Å². The van der Waals surface area contributed by atoms with Gasteiger partial charge >= 0.3 is 0 Å². The van der Waals surface area contributed by atoms with E-state index < -0.39 is 10.0 Å². The monoisotopic (exact) mass is 331 g/mol. The van der Waals surface area contributed by atoms with Crippen LogP contribution < -0.4 is 4.72 Å². The molecule has 0 atom stereocenters. The molecular formula is C13H14ClNO3S2. The molecule has 0 spiro atoms. The van der Waals surface area contributed by atoms with E-state index in [4.69, 9.17) is 16.0 Å². The first-order chi connectivity index (χ1) is 9.58. The second-order valence-electron chi connectivity index (χ2n) is 3.98. The van der Waals surface area contributed by atoms with Gasteiger partial charge in [-0.05, 0) is 36.4 Å². The molecule has 0 aliphatic heterocycles. The molecule has 0 aliphatic rings. The summed E-state index contributed by atoms with van der Waals surface area (Å²) in [4.78, 5) is 0.220. The Morgan fingerprint density at radius 2 is 1.95 bits per heavy atom. The Morgan fingerprint density at radius 1 is 1.20 bits per heavy atom. The van der Waals surface area contributed by atoms with Crippen LogP contribution in [-0.4, -0.2) is 20.7 Å². The van der Waals surface area contributed by atoms with Gasteiger partial charge < -0.3 is 4.42 Å². The Balaban J connectivity index is 1.76. The topological polar surface area (TPSA) is 59.3 Å². The van der Waals surface area contributed by atoms with Crippen molar-refractivity contribution in [3.05, 3.63) is 53.4 Å². The molecule has 1 heterocycles. The number of sulfonamides is 1.